The number of nitriles is 1. The van der Waals surface area contributed by atoms with Gasteiger partial charge >= 0.3 is 33.2 Å². The van der Waals surface area contributed by atoms with Crippen LogP contribution in [0.5, 0.6) is 5.88 Å². The number of imidazole rings is 1. The molecule has 0 aromatic carbocycles. The molecule has 2 unspecified atom stereocenters. The van der Waals surface area contributed by atoms with Gasteiger partial charge in [0.15, 0.2) is 17.4 Å². The molecule has 0 spiro atoms. The highest BCUT2D eigenvalue weighted by molar-refractivity contribution is 7.48. The average Bonchev–Trinajstić information content (AvgIpc) is 3.91. The normalized spacial score (nSPS) is 26.8. The van der Waals surface area contributed by atoms with Gasteiger partial charge in [-0.1, -0.05) is 69.2 Å². The monoisotopic (exact) mass is 984 g/mol. The van der Waals surface area contributed by atoms with Crippen LogP contribution in [-0.4, -0.2) is 108 Å². The van der Waals surface area contributed by atoms with Crippen LogP contribution >= 0.6 is 16.1 Å². The molecule has 0 bridgehead atoms. The van der Waals surface area contributed by atoms with Gasteiger partial charge < -0.3 is 31.9 Å². The molecule has 3 aliphatic rings. The number of nitrogens with zero attached hydrogens (tertiary/aromatic N) is 6. The molecule has 26 heteroatoms. The van der Waals surface area contributed by atoms with Gasteiger partial charge in [0.25, 0.3) is 5.56 Å². The van der Waals surface area contributed by atoms with Crippen molar-refractivity contribution >= 4 is 56.2 Å². The standard InChI is InChI=1S/C39H62N8O14P2Si2/c1-22(2)36(48)45-39-44-35-32(37(49)46-39)43-21-47(35)38-34(33-30(57-38)19-55-64(23(3)4,24(5)6)61-65(60-33,25(7)8)26(9)10)59-63(52,53-15-11-13-40)54-18-27-16-28(17-29(27)58-62(50)51)56-31-12-14-41-20-42-31/h12,14,20-30,33-34,38,62H,11,15-19H2,1-10H3,(H,50,51)(H2,44,45,46,48,49)/t27-,28-,29+,30-,33-,34-,38-,63?/m1/s1. The lowest BCUT2D eigenvalue weighted by atomic mass is 10.1. The van der Waals surface area contributed by atoms with Gasteiger partial charge in [-0.15, -0.1) is 0 Å². The van der Waals surface area contributed by atoms with Crippen LogP contribution in [0, 0.1) is 23.2 Å². The van der Waals surface area contributed by atoms with Gasteiger partial charge in [-0.3, -0.25) is 42.6 Å². The molecule has 1 amide bonds. The van der Waals surface area contributed by atoms with E-state index in [1.165, 1.54) is 23.4 Å². The van der Waals surface area contributed by atoms with Gasteiger partial charge in [-0.25, -0.2) is 19.5 Å². The van der Waals surface area contributed by atoms with Gasteiger partial charge in [0.2, 0.25) is 17.7 Å². The van der Waals surface area contributed by atoms with E-state index in [4.69, 9.17) is 40.5 Å². The minimum Gasteiger partial charge on any atom is -0.474 e. The molecule has 3 aromatic heterocycles. The van der Waals surface area contributed by atoms with Crippen LogP contribution < -0.4 is 15.6 Å². The van der Waals surface area contributed by atoms with Crippen molar-refractivity contribution in [3.05, 3.63) is 35.3 Å². The van der Waals surface area contributed by atoms with Crippen LogP contribution in [0.3, 0.4) is 0 Å². The van der Waals surface area contributed by atoms with E-state index in [0.29, 0.717) is 0 Å². The summed E-state index contributed by atoms with van der Waals surface area (Å²) in [6, 6.07) is 3.54. The minimum atomic E-state index is -4.78. The Morgan fingerprint density at radius 1 is 1.08 bits per heavy atom. The Kier molecular flexibility index (Phi) is 16.8. The summed E-state index contributed by atoms with van der Waals surface area (Å²) in [5.41, 5.74) is -0.994. The summed E-state index contributed by atoms with van der Waals surface area (Å²) in [5.74, 6) is -1.33. The summed E-state index contributed by atoms with van der Waals surface area (Å²) in [6.07, 6.45) is -1.59. The summed E-state index contributed by atoms with van der Waals surface area (Å²) < 4.78 is 87.4. The fraction of sp³-hybridized carbons (Fsp3) is 0.718. The first-order chi connectivity index (χ1) is 30.7. The third-order valence-corrected chi connectivity index (χ3v) is 24.1. The zero-order valence-electron chi connectivity index (χ0n) is 38.4. The molecular formula is C39H62N8O14P2Si2. The first kappa shape index (κ1) is 51.1. The van der Waals surface area contributed by atoms with E-state index in [9.17, 15) is 24.3 Å². The molecule has 0 radical (unpaired) electrons. The van der Waals surface area contributed by atoms with Crippen molar-refractivity contribution in [2.75, 3.05) is 25.1 Å². The predicted octanol–water partition coefficient (Wildman–Crippen LogP) is 6.42. The van der Waals surface area contributed by atoms with Crippen molar-refractivity contribution in [1.29, 1.82) is 5.26 Å². The number of carbonyl (C=O) groups excluding carboxylic acids is 1. The molecule has 1 aliphatic carbocycles. The lowest BCUT2D eigenvalue weighted by molar-refractivity contribution is -0.118. The lowest BCUT2D eigenvalue weighted by Crippen LogP contribution is -2.65. The van der Waals surface area contributed by atoms with E-state index in [2.05, 4.69) is 57.9 Å². The Morgan fingerprint density at radius 3 is 2.40 bits per heavy atom. The largest absolute Gasteiger partial charge is 0.475 e. The van der Waals surface area contributed by atoms with Crippen LogP contribution in [0.15, 0.2) is 29.7 Å². The molecule has 5 heterocycles. The molecule has 6 rings (SSSR count). The van der Waals surface area contributed by atoms with E-state index >= 15 is 4.57 Å². The van der Waals surface area contributed by atoms with Crippen molar-refractivity contribution in [2.24, 2.45) is 11.8 Å². The number of ether oxygens (including phenoxy) is 2. The Hall–Kier alpha value is -3.28. The molecule has 360 valence electrons. The Bertz CT molecular complexity index is 2270. The Balaban J connectivity index is 1.44. The van der Waals surface area contributed by atoms with Crippen molar-refractivity contribution in [2.45, 2.75) is 147 Å². The zero-order valence-corrected chi connectivity index (χ0v) is 42.3. The van der Waals surface area contributed by atoms with E-state index in [0.717, 1.165) is 0 Å². The van der Waals surface area contributed by atoms with Gasteiger partial charge in [-0.2, -0.15) is 10.2 Å². The fourth-order valence-corrected chi connectivity index (χ4v) is 21.8. The highest BCUT2D eigenvalue weighted by Crippen LogP contribution is 2.57. The maximum absolute atomic E-state index is 15.2. The Labute approximate surface area is 380 Å². The summed E-state index contributed by atoms with van der Waals surface area (Å²) >= 11 is 0. The highest BCUT2D eigenvalue weighted by Gasteiger charge is 2.63. The van der Waals surface area contributed by atoms with Crippen LogP contribution in [-0.2, 0) is 49.7 Å². The molecule has 9 atom stereocenters. The number of H-pyrrole nitrogens is 1. The van der Waals surface area contributed by atoms with Crippen LogP contribution in [0.4, 0.5) is 5.95 Å². The second-order valence-electron chi connectivity index (χ2n) is 18.0. The number of fused-ring (bicyclic) bond motifs is 2. The van der Waals surface area contributed by atoms with Gasteiger partial charge in [-0.05, 0) is 28.6 Å². The van der Waals surface area contributed by atoms with Gasteiger partial charge in [0, 0.05) is 30.5 Å². The maximum atomic E-state index is 15.2. The number of hydrogen-bond donors (Lipinski definition) is 3. The summed E-state index contributed by atoms with van der Waals surface area (Å²) in [7, 11) is -14.7. The number of carbonyl (C=O) groups is 1. The number of amides is 1. The third-order valence-electron chi connectivity index (χ3n) is 11.9. The number of rotatable bonds is 19. The molecule has 1 saturated carbocycles. The van der Waals surface area contributed by atoms with Crippen LogP contribution in [0.1, 0.15) is 94.7 Å². The average molecular weight is 985 g/mol. The number of hydrogen-bond acceptors (Lipinski definition) is 18. The summed E-state index contributed by atoms with van der Waals surface area (Å²) in [4.78, 5) is 55.5. The summed E-state index contributed by atoms with van der Waals surface area (Å²) in [6.45, 7) is 19.2. The predicted molar refractivity (Wildman–Crippen MR) is 239 cm³/mol. The smallest absolute Gasteiger partial charge is 0.474 e. The minimum absolute atomic E-state index is 0.00297. The molecule has 3 N–H and O–H groups in total. The third kappa shape index (κ3) is 11.4. The number of aromatic nitrogens is 6. The van der Waals surface area contributed by atoms with E-state index in [1.54, 1.807) is 19.9 Å². The fourth-order valence-electron chi connectivity index (χ4n) is 8.63. The molecule has 65 heavy (non-hydrogen) atoms. The first-order valence-corrected chi connectivity index (χ1v) is 28.6. The first-order valence-electron chi connectivity index (χ1n) is 21.9. The van der Waals surface area contributed by atoms with Gasteiger partial charge in [0.05, 0.1) is 44.7 Å². The number of phosphoric acid groups is 1. The molecule has 22 nitrogen and oxygen atoms in total. The second kappa shape index (κ2) is 21.3. The SMILES string of the molecule is CC(C)C(=O)Nc1nc2c(ncn2[C@@H]2O[C@@H]3CO[Si](C(C)C)(C(C)C)O[Si](C(C)C)(C(C)C)O[C@H]3[C@H]2OP(=O)(OCCC#N)OC[C@H]2C[C@@H](Oc3ccncn3)C[C@@H]2O[PH](=O)O)c(=O)[nH]1. The molecule has 3 fully saturated rings. The molecule has 2 saturated heterocycles. The summed E-state index contributed by atoms with van der Waals surface area (Å²) in [5, 5.41) is 12.1. The van der Waals surface area contributed by atoms with Crippen LogP contribution in [0.25, 0.3) is 11.2 Å². The van der Waals surface area contributed by atoms with Crippen molar-refractivity contribution in [1.82, 2.24) is 29.5 Å². The molecule has 2 aliphatic heterocycles. The van der Waals surface area contributed by atoms with E-state index < -0.39 is 93.2 Å². The second-order valence-corrected chi connectivity index (χ2v) is 29.2. The lowest BCUT2D eigenvalue weighted by Gasteiger charge is -2.51. The zero-order chi connectivity index (χ0) is 47.4. The maximum Gasteiger partial charge on any atom is 0.475 e. The number of aromatic amines is 1. The van der Waals surface area contributed by atoms with Crippen molar-refractivity contribution in [3.8, 4) is 11.9 Å². The van der Waals surface area contributed by atoms with E-state index in [-0.39, 0.29) is 84.2 Å². The number of anilines is 1. The van der Waals surface area contributed by atoms with E-state index in [1.807, 2.05) is 33.8 Å². The number of phosphoric ester groups is 1. The topological polar surface area (TPSA) is 280 Å². The molecule has 3 aromatic rings. The number of nitrogens with one attached hydrogen (secondary N) is 2. The Morgan fingerprint density at radius 2 is 1.78 bits per heavy atom. The quantitative estimate of drug-likeness (QED) is 0.0663. The van der Waals surface area contributed by atoms with Crippen LogP contribution in [0.2, 0.25) is 22.2 Å². The van der Waals surface area contributed by atoms with Crippen molar-refractivity contribution < 1.29 is 59.4 Å². The van der Waals surface area contributed by atoms with Gasteiger partial charge in [0.1, 0.15) is 30.7 Å². The molecular weight excluding hydrogens is 923 g/mol. The highest BCUT2D eigenvalue weighted by atomic mass is 31.2. The van der Waals surface area contributed by atoms with Crippen molar-refractivity contribution in [3.63, 3.8) is 0 Å².